The summed E-state index contributed by atoms with van der Waals surface area (Å²) in [6, 6.07) is 12.6. The van der Waals surface area contributed by atoms with E-state index >= 15 is 0 Å². The Morgan fingerprint density at radius 2 is 1.68 bits per heavy atom. The van der Waals surface area contributed by atoms with Gasteiger partial charge >= 0.3 is 0 Å². The fourth-order valence-corrected chi connectivity index (χ4v) is 3.41. The Labute approximate surface area is 166 Å². The van der Waals surface area contributed by atoms with Gasteiger partial charge in [-0.25, -0.2) is 8.42 Å². The lowest BCUT2D eigenvalue weighted by Crippen LogP contribution is -2.38. The molecular weight excluding hydrogens is 380 g/mol. The zero-order chi connectivity index (χ0) is 20.7. The van der Waals surface area contributed by atoms with Gasteiger partial charge in [-0.3, -0.25) is 9.52 Å². The van der Waals surface area contributed by atoms with Crippen molar-refractivity contribution in [3.63, 3.8) is 0 Å². The first kappa shape index (κ1) is 21.6. The monoisotopic (exact) mass is 406 g/mol. The molecule has 0 spiro atoms. The number of nitrogens with one attached hydrogen (secondary N) is 2. The molecule has 0 unspecified atom stereocenters. The maximum Gasteiger partial charge on any atom is 0.262 e. The van der Waals surface area contributed by atoms with Gasteiger partial charge in [-0.1, -0.05) is 26.0 Å². The standard InChI is InChI=1S/C20H26N2O5S/c1-14(2)13-21-20(23)15(3)27-16-9-11-17(12-10-16)28(24,25)22-18-7-5-6-8-19(18)26-4/h5-12,14-15,22H,13H2,1-4H3,(H,21,23)/t15-/m1/s1. The SMILES string of the molecule is COc1ccccc1NS(=O)(=O)c1ccc(O[C@H](C)C(=O)NCC(C)C)cc1. The average Bonchev–Trinajstić information content (AvgIpc) is 2.66. The highest BCUT2D eigenvalue weighted by molar-refractivity contribution is 7.92. The smallest absolute Gasteiger partial charge is 0.262 e. The lowest BCUT2D eigenvalue weighted by Gasteiger charge is -2.16. The van der Waals surface area contributed by atoms with Crippen molar-refractivity contribution < 1.29 is 22.7 Å². The number of anilines is 1. The predicted molar refractivity (Wildman–Crippen MR) is 108 cm³/mol. The van der Waals surface area contributed by atoms with Crippen LogP contribution in [-0.2, 0) is 14.8 Å². The van der Waals surface area contributed by atoms with Gasteiger partial charge in [0, 0.05) is 6.54 Å². The van der Waals surface area contributed by atoms with E-state index in [9.17, 15) is 13.2 Å². The van der Waals surface area contributed by atoms with E-state index in [4.69, 9.17) is 9.47 Å². The topological polar surface area (TPSA) is 93.7 Å². The van der Waals surface area contributed by atoms with Gasteiger partial charge in [0.05, 0.1) is 17.7 Å². The van der Waals surface area contributed by atoms with Gasteiger partial charge in [0.25, 0.3) is 15.9 Å². The fraction of sp³-hybridized carbons (Fsp3) is 0.350. The van der Waals surface area contributed by atoms with Gasteiger partial charge in [-0.2, -0.15) is 0 Å². The Morgan fingerprint density at radius 3 is 2.29 bits per heavy atom. The van der Waals surface area contributed by atoms with E-state index in [1.165, 1.54) is 31.4 Å². The summed E-state index contributed by atoms with van der Waals surface area (Å²) < 4.78 is 38.4. The van der Waals surface area contributed by atoms with Gasteiger partial charge < -0.3 is 14.8 Å². The molecular formula is C20H26N2O5S. The Hall–Kier alpha value is -2.74. The van der Waals surface area contributed by atoms with Crippen LogP contribution < -0.4 is 19.5 Å². The molecule has 28 heavy (non-hydrogen) atoms. The average molecular weight is 407 g/mol. The van der Waals surface area contributed by atoms with Gasteiger partial charge in [0.15, 0.2) is 6.10 Å². The third-order valence-electron chi connectivity index (χ3n) is 3.85. The molecule has 0 aromatic heterocycles. The molecule has 0 aliphatic carbocycles. The maximum absolute atomic E-state index is 12.6. The number of methoxy groups -OCH3 is 1. The van der Waals surface area contributed by atoms with E-state index in [0.29, 0.717) is 29.6 Å². The van der Waals surface area contributed by atoms with E-state index in [1.807, 2.05) is 13.8 Å². The first-order chi connectivity index (χ1) is 13.2. The highest BCUT2D eigenvalue weighted by Crippen LogP contribution is 2.26. The number of carbonyl (C=O) groups excluding carboxylic acids is 1. The summed E-state index contributed by atoms with van der Waals surface area (Å²) in [5.41, 5.74) is 0.348. The van der Waals surface area contributed by atoms with Crippen molar-refractivity contribution in [2.75, 3.05) is 18.4 Å². The Kier molecular flexibility index (Phi) is 7.28. The zero-order valence-electron chi connectivity index (χ0n) is 16.4. The molecule has 2 aromatic rings. The molecule has 0 heterocycles. The molecule has 152 valence electrons. The van der Waals surface area contributed by atoms with Crippen LogP contribution in [0.15, 0.2) is 53.4 Å². The fourth-order valence-electron chi connectivity index (χ4n) is 2.34. The second-order valence-electron chi connectivity index (χ2n) is 6.68. The summed E-state index contributed by atoms with van der Waals surface area (Å²) in [5.74, 6) is 0.954. The highest BCUT2D eigenvalue weighted by Gasteiger charge is 2.18. The number of para-hydroxylation sites is 2. The van der Waals surface area contributed by atoms with Gasteiger partial charge in [-0.05, 0) is 49.2 Å². The van der Waals surface area contributed by atoms with Crippen LogP contribution >= 0.6 is 0 Å². The number of amides is 1. The number of benzene rings is 2. The molecule has 2 aromatic carbocycles. The van der Waals surface area contributed by atoms with Crippen molar-refractivity contribution in [2.45, 2.75) is 31.8 Å². The van der Waals surface area contributed by atoms with Crippen LogP contribution in [-0.4, -0.2) is 34.1 Å². The molecule has 0 bridgehead atoms. The molecule has 2 N–H and O–H groups in total. The number of sulfonamides is 1. The molecule has 0 aliphatic heterocycles. The quantitative estimate of drug-likeness (QED) is 0.668. The van der Waals surface area contributed by atoms with Crippen LogP contribution in [0.4, 0.5) is 5.69 Å². The van der Waals surface area contributed by atoms with Crippen LogP contribution in [0.3, 0.4) is 0 Å². The molecule has 0 aliphatic rings. The van der Waals surface area contributed by atoms with Crippen molar-refractivity contribution in [1.82, 2.24) is 5.32 Å². The minimum Gasteiger partial charge on any atom is -0.495 e. The van der Waals surface area contributed by atoms with Crippen LogP contribution in [0, 0.1) is 5.92 Å². The number of rotatable bonds is 9. The summed E-state index contributed by atoms with van der Waals surface area (Å²) >= 11 is 0. The van der Waals surface area contributed by atoms with E-state index in [1.54, 1.807) is 31.2 Å². The summed E-state index contributed by atoms with van der Waals surface area (Å²) in [6.07, 6.45) is -0.687. The van der Waals surface area contributed by atoms with Crippen molar-refractivity contribution in [2.24, 2.45) is 5.92 Å². The maximum atomic E-state index is 12.6. The second kappa shape index (κ2) is 9.45. The second-order valence-corrected chi connectivity index (χ2v) is 8.36. The van der Waals surface area contributed by atoms with Crippen molar-refractivity contribution in [3.8, 4) is 11.5 Å². The minimum absolute atomic E-state index is 0.0719. The molecule has 2 rings (SSSR count). The van der Waals surface area contributed by atoms with Gasteiger partial charge in [-0.15, -0.1) is 0 Å². The number of hydrogen-bond donors (Lipinski definition) is 2. The highest BCUT2D eigenvalue weighted by atomic mass is 32.2. The van der Waals surface area contributed by atoms with Gasteiger partial charge in [0.1, 0.15) is 11.5 Å². The Morgan fingerprint density at radius 1 is 1.04 bits per heavy atom. The van der Waals surface area contributed by atoms with Crippen LogP contribution in [0.1, 0.15) is 20.8 Å². The summed E-state index contributed by atoms with van der Waals surface area (Å²) in [4.78, 5) is 12.1. The van der Waals surface area contributed by atoms with E-state index in [2.05, 4.69) is 10.0 Å². The van der Waals surface area contributed by atoms with Crippen molar-refractivity contribution in [1.29, 1.82) is 0 Å². The van der Waals surface area contributed by atoms with Crippen LogP contribution in [0.5, 0.6) is 11.5 Å². The molecule has 1 amide bonds. The molecule has 0 saturated heterocycles. The molecule has 8 heteroatoms. The lowest BCUT2D eigenvalue weighted by molar-refractivity contribution is -0.127. The van der Waals surface area contributed by atoms with Gasteiger partial charge in [0.2, 0.25) is 0 Å². The first-order valence-corrected chi connectivity index (χ1v) is 10.4. The summed E-state index contributed by atoms with van der Waals surface area (Å²) in [5, 5.41) is 2.79. The third kappa shape index (κ3) is 5.88. The first-order valence-electron chi connectivity index (χ1n) is 8.93. The number of ether oxygens (including phenoxy) is 2. The normalized spacial score (nSPS) is 12.3. The van der Waals surface area contributed by atoms with Crippen LogP contribution in [0.25, 0.3) is 0 Å². The van der Waals surface area contributed by atoms with Crippen molar-refractivity contribution in [3.05, 3.63) is 48.5 Å². The van der Waals surface area contributed by atoms with E-state index < -0.39 is 16.1 Å². The summed E-state index contributed by atoms with van der Waals surface area (Å²) in [7, 11) is -2.32. The molecule has 7 nitrogen and oxygen atoms in total. The van der Waals surface area contributed by atoms with E-state index in [0.717, 1.165) is 0 Å². The molecule has 0 saturated carbocycles. The minimum atomic E-state index is -3.79. The largest absolute Gasteiger partial charge is 0.495 e. The molecule has 1 atom stereocenters. The zero-order valence-corrected chi connectivity index (χ0v) is 17.2. The molecule has 0 radical (unpaired) electrons. The van der Waals surface area contributed by atoms with Crippen LogP contribution in [0.2, 0.25) is 0 Å². The Balaban J connectivity index is 2.05. The number of hydrogen-bond acceptors (Lipinski definition) is 5. The predicted octanol–water partition coefficient (Wildman–Crippen LogP) is 3.04. The molecule has 0 fully saturated rings. The summed E-state index contributed by atoms with van der Waals surface area (Å²) in [6.45, 7) is 6.22. The lowest BCUT2D eigenvalue weighted by atomic mass is 10.2. The Bertz CT molecular complexity index is 895. The van der Waals surface area contributed by atoms with Crippen molar-refractivity contribution >= 4 is 21.6 Å². The number of carbonyl (C=O) groups is 1. The van der Waals surface area contributed by atoms with E-state index in [-0.39, 0.29) is 10.8 Å². The third-order valence-corrected chi connectivity index (χ3v) is 5.23.